The first-order chi connectivity index (χ1) is 3.43. The largest absolute Gasteiger partial charge is 0.383 e. The van der Waals surface area contributed by atoms with Crippen molar-refractivity contribution in [1.29, 1.82) is 0 Å². The van der Waals surface area contributed by atoms with Crippen LogP contribution in [0.25, 0.3) is 0 Å². The van der Waals surface area contributed by atoms with E-state index in [0.29, 0.717) is 0 Å². The molecular formula is C4H8BFO. The van der Waals surface area contributed by atoms with E-state index in [1.165, 1.54) is 0 Å². The maximum Gasteiger partial charge on any atom is 0.360 e. The van der Waals surface area contributed by atoms with Gasteiger partial charge in [0.05, 0.1) is 6.00 Å². The van der Waals surface area contributed by atoms with Gasteiger partial charge in [-0.2, -0.15) is 0 Å². The van der Waals surface area contributed by atoms with Gasteiger partial charge in [0, 0.05) is 6.61 Å². The van der Waals surface area contributed by atoms with Gasteiger partial charge in [0.1, 0.15) is 0 Å². The molecule has 1 saturated heterocycles. The van der Waals surface area contributed by atoms with E-state index in [0.717, 1.165) is 19.4 Å². The summed E-state index contributed by atoms with van der Waals surface area (Å²) in [6.45, 7) is 0.759. The normalized spacial score (nSPS) is 30.7. The van der Waals surface area contributed by atoms with Gasteiger partial charge in [-0.3, -0.25) is 0 Å². The summed E-state index contributed by atoms with van der Waals surface area (Å²) in [6, 6.07) is -0.0694. The van der Waals surface area contributed by atoms with E-state index < -0.39 is 0 Å². The van der Waals surface area contributed by atoms with E-state index in [9.17, 15) is 4.32 Å². The predicted octanol–water partition coefficient (Wildman–Crippen LogP) is 0.444. The first-order valence-corrected chi connectivity index (χ1v) is 2.61. The molecule has 1 unspecified atom stereocenters. The summed E-state index contributed by atoms with van der Waals surface area (Å²) in [6.07, 6.45) is 1.95. The van der Waals surface area contributed by atoms with Crippen LogP contribution in [0.3, 0.4) is 0 Å². The lowest BCUT2D eigenvalue weighted by molar-refractivity contribution is 0.161. The Hall–Kier alpha value is -0.0451. The number of hydrogen-bond acceptors (Lipinski definition) is 1. The van der Waals surface area contributed by atoms with Gasteiger partial charge in [-0.25, -0.2) is 0 Å². The van der Waals surface area contributed by atoms with Gasteiger partial charge in [-0.05, 0) is 12.8 Å². The molecule has 0 saturated carbocycles. The second-order valence-corrected chi connectivity index (χ2v) is 1.79. The Bertz CT molecular complexity index is 53.7. The van der Waals surface area contributed by atoms with Crippen LogP contribution in [0.5, 0.6) is 0 Å². The number of halogens is 1. The van der Waals surface area contributed by atoms with Gasteiger partial charge in [0.15, 0.2) is 0 Å². The van der Waals surface area contributed by atoms with Crippen molar-refractivity contribution in [3.63, 3.8) is 0 Å². The Morgan fingerprint density at radius 2 is 2.57 bits per heavy atom. The highest BCUT2D eigenvalue weighted by Gasteiger charge is 2.15. The Kier molecular flexibility index (Phi) is 1.68. The zero-order valence-electron chi connectivity index (χ0n) is 4.19. The standard InChI is InChI=1S/C4H8BFO/c6-5-4-2-1-3-7-4/h4-5H,1-3H2. The van der Waals surface area contributed by atoms with E-state index in [2.05, 4.69) is 0 Å². The van der Waals surface area contributed by atoms with Gasteiger partial charge < -0.3 is 9.05 Å². The molecule has 0 amide bonds. The lowest BCUT2D eigenvalue weighted by Crippen LogP contribution is -2.09. The smallest absolute Gasteiger partial charge is 0.360 e. The lowest BCUT2D eigenvalue weighted by atomic mass is 9.93. The summed E-state index contributed by atoms with van der Waals surface area (Å²) in [7, 11) is -0.306. The molecule has 3 heteroatoms. The summed E-state index contributed by atoms with van der Waals surface area (Å²) in [4.78, 5) is 0. The number of ether oxygens (including phenoxy) is 1. The van der Waals surface area contributed by atoms with Crippen molar-refractivity contribution >= 4 is 7.56 Å². The van der Waals surface area contributed by atoms with Crippen LogP contribution in [-0.2, 0) is 4.74 Å². The first-order valence-electron chi connectivity index (χ1n) is 2.61. The fourth-order valence-electron chi connectivity index (χ4n) is 0.766. The van der Waals surface area contributed by atoms with E-state index in [1.807, 2.05) is 0 Å². The summed E-state index contributed by atoms with van der Waals surface area (Å²) < 4.78 is 16.5. The topological polar surface area (TPSA) is 9.23 Å². The van der Waals surface area contributed by atoms with Crippen LogP contribution in [-0.4, -0.2) is 20.2 Å². The van der Waals surface area contributed by atoms with E-state index in [-0.39, 0.29) is 13.6 Å². The molecular weight excluding hydrogens is 93.9 g/mol. The average Bonchev–Trinajstić information content (AvgIpc) is 2.14. The van der Waals surface area contributed by atoms with Crippen LogP contribution in [0.1, 0.15) is 12.8 Å². The van der Waals surface area contributed by atoms with Gasteiger partial charge in [-0.1, -0.05) is 0 Å². The van der Waals surface area contributed by atoms with Crippen LogP contribution in [0.2, 0.25) is 0 Å². The van der Waals surface area contributed by atoms with Gasteiger partial charge >= 0.3 is 7.56 Å². The van der Waals surface area contributed by atoms with E-state index in [4.69, 9.17) is 4.74 Å². The maximum absolute atomic E-state index is 11.6. The van der Waals surface area contributed by atoms with Crippen LogP contribution in [0, 0.1) is 0 Å². The fourth-order valence-corrected chi connectivity index (χ4v) is 0.766. The summed E-state index contributed by atoms with van der Waals surface area (Å²) >= 11 is 0. The van der Waals surface area contributed by atoms with Crippen LogP contribution in [0.4, 0.5) is 4.32 Å². The molecule has 0 bridgehead atoms. The molecule has 0 aromatic carbocycles. The summed E-state index contributed by atoms with van der Waals surface area (Å²) in [5.74, 6) is 0. The average molecular weight is 102 g/mol. The Balaban J connectivity index is 2.14. The fraction of sp³-hybridized carbons (Fsp3) is 1.00. The molecule has 0 aromatic heterocycles. The number of hydrogen-bond donors (Lipinski definition) is 0. The molecule has 1 nitrogen and oxygen atoms in total. The minimum atomic E-state index is -0.306. The van der Waals surface area contributed by atoms with Crippen LogP contribution < -0.4 is 0 Å². The minimum absolute atomic E-state index is 0.0694. The molecule has 0 spiro atoms. The minimum Gasteiger partial charge on any atom is -0.383 e. The monoisotopic (exact) mass is 102 g/mol. The number of rotatable bonds is 1. The molecule has 1 rings (SSSR count). The van der Waals surface area contributed by atoms with Crippen molar-refractivity contribution < 1.29 is 9.05 Å². The molecule has 1 atom stereocenters. The molecule has 0 aliphatic carbocycles. The quantitative estimate of drug-likeness (QED) is 0.436. The zero-order valence-corrected chi connectivity index (χ0v) is 4.19. The van der Waals surface area contributed by atoms with Crippen molar-refractivity contribution in [2.75, 3.05) is 6.61 Å². The van der Waals surface area contributed by atoms with Crippen molar-refractivity contribution in [2.45, 2.75) is 18.8 Å². The predicted molar refractivity (Wildman–Crippen MR) is 27.2 cm³/mol. The summed E-state index contributed by atoms with van der Waals surface area (Å²) in [5.41, 5.74) is 0. The lowest BCUT2D eigenvalue weighted by Gasteiger charge is -1.96. The Morgan fingerprint density at radius 3 is 2.86 bits per heavy atom. The molecule has 1 fully saturated rings. The zero-order chi connectivity index (χ0) is 5.11. The van der Waals surface area contributed by atoms with Gasteiger partial charge in [0.2, 0.25) is 0 Å². The van der Waals surface area contributed by atoms with Gasteiger partial charge in [0.25, 0.3) is 0 Å². The SMILES string of the molecule is FBC1CCCO1. The highest BCUT2D eigenvalue weighted by molar-refractivity contribution is 6.28. The highest BCUT2D eigenvalue weighted by Crippen LogP contribution is 2.09. The van der Waals surface area contributed by atoms with Gasteiger partial charge in [-0.15, -0.1) is 0 Å². The molecule has 0 N–H and O–H groups in total. The van der Waals surface area contributed by atoms with Crippen molar-refractivity contribution in [3.05, 3.63) is 0 Å². The maximum atomic E-state index is 11.6. The molecule has 1 aliphatic heterocycles. The third-order valence-corrected chi connectivity index (χ3v) is 1.20. The van der Waals surface area contributed by atoms with Crippen LogP contribution in [0.15, 0.2) is 0 Å². The van der Waals surface area contributed by atoms with E-state index in [1.54, 1.807) is 0 Å². The molecule has 0 radical (unpaired) electrons. The van der Waals surface area contributed by atoms with Crippen molar-refractivity contribution in [3.8, 4) is 0 Å². The second kappa shape index (κ2) is 2.31. The molecule has 7 heavy (non-hydrogen) atoms. The summed E-state index contributed by atoms with van der Waals surface area (Å²) in [5, 5.41) is 0. The van der Waals surface area contributed by atoms with E-state index >= 15 is 0 Å². The second-order valence-electron chi connectivity index (χ2n) is 1.79. The molecule has 0 aromatic rings. The highest BCUT2D eigenvalue weighted by atomic mass is 19.1. The molecule has 40 valence electrons. The van der Waals surface area contributed by atoms with Crippen LogP contribution >= 0.6 is 0 Å². The first kappa shape index (κ1) is 5.10. The molecule has 1 heterocycles. The van der Waals surface area contributed by atoms with Crippen molar-refractivity contribution in [1.82, 2.24) is 0 Å². The Morgan fingerprint density at radius 1 is 1.71 bits per heavy atom. The van der Waals surface area contributed by atoms with Crippen molar-refractivity contribution in [2.24, 2.45) is 0 Å². The third kappa shape index (κ3) is 1.16. The Labute approximate surface area is 43.1 Å². The molecule has 1 aliphatic rings. The third-order valence-electron chi connectivity index (χ3n) is 1.20.